The Bertz CT molecular complexity index is 1360. The Morgan fingerprint density at radius 3 is 2.49 bits per heavy atom. The molecule has 0 atom stereocenters. The largest absolute Gasteiger partial charge is 0.329 e. The molecule has 0 aliphatic carbocycles. The molecule has 4 rings (SSSR count). The van der Waals surface area contributed by atoms with Crippen molar-refractivity contribution in [3.8, 4) is 5.69 Å². The predicted octanol–water partition coefficient (Wildman–Crippen LogP) is 4.64. The van der Waals surface area contributed by atoms with Crippen LogP contribution in [0.3, 0.4) is 0 Å². The third-order valence-corrected chi connectivity index (χ3v) is 6.09. The highest BCUT2D eigenvalue weighted by Crippen LogP contribution is 2.28. The van der Waals surface area contributed by atoms with Crippen LogP contribution in [0.4, 0.5) is 14.9 Å². The zero-order valence-electron chi connectivity index (χ0n) is 20.1. The van der Waals surface area contributed by atoms with E-state index in [9.17, 15) is 18.8 Å². The Morgan fingerprint density at radius 1 is 1.09 bits per heavy atom. The van der Waals surface area contributed by atoms with Crippen molar-refractivity contribution in [1.82, 2.24) is 14.8 Å². The standard InChI is InChI=1S/C27H27FN4O3/c1-5-19-8-6-7-16(2)25(19)32-17(3)13-20(18(32)4)14-23-26(34)31(27(35)30-23)15-24(33)29-22-11-9-21(28)10-12-22/h6-14H,5,15H2,1-4H3,(H,29,33)(H,30,35)/b23-14-. The SMILES string of the molecule is CCc1cccc(C)c1-n1c(C)cc(/C=C2\NC(=O)N(CC(=O)Nc3ccc(F)cc3)C2=O)c1C. The molecule has 3 aromatic rings. The van der Waals surface area contributed by atoms with Crippen LogP contribution in [0, 0.1) is 26.6 Å². The molecule has 2 N–H and O–H groups in total. The van der Waals surface area contributed by atoms with Crippen LogP contribution >= 0.6 is 0 Å². The molecular weight excluding hydrogens is 447 g/mol. The summed E-state index contributed by atoms with van der Waals surface area (Å²) in [6.07, 6.45) is 2.52. The fourth-order valence-corrected chi connectivity index (χ4v) is 4.35. The van der Waals surface area contributed by atoms with Crippen molar-refractivity contribution in [3.63, 3.8) is 0 Å². The molecule has 0 spiro atoms. The first kappa shape index (κ1) is 23.9. The van der Waals surface area contributed by atoms with Crippen LogP contribution in [0.5, 0.6) is 0 Å². The number of para-hydroxylation sites is 1. The average Bonchev–Trinajstić information content (AvgIpc) is 3.24. The smallest absolute Gasteiger partial charge is 0.325 e. The third-order valence-electron chi connectivity index (χ3n) is 6.09. The molecule has 1 fully saturated rings. The van der Waals surface area contributed by atoms with Gasteiger partial charge in [0.05, 0.1) is 5.69 Å². The number of nitrogens with zero attached hydrogens (tertiary/aromatic N) is 2. The lowest BCUT2D eigenvalue weighted by Gasteiger charge is -2.17. The van der Waals surface area contributed by atoms with Crippen LogP contribution in [0.15, 0.2) is 54.2 Å². The zero-order chi connectivity index (χ0) is 25.3. The number of carbonyl (C=O) groups excluding carboxylic acids is 3. The van der Waals surface area contributed by atoms with Gasteiger partial charge >= 0.3 is 6.03 Å². The number of rotatable bonds is 6. The molecule has 8 heteroatoms. The quantitative estimate of drug-likeness (QED) is 0.403. The molecule has 1 aliphatic heterocycles. The first-order chi connectivity index (χ1) is 16.7. The number of imide groups is 1. The lowest BCUT2D eigenvalue weighted by molar-refractivity contribution is -0.127. The number of carbonyl (C=O) groups is 3. The van der Waals surface area contributed by atoms with Crippen molar-refractivity contribution in [3.05, 3.63) is 88.1 Å². The summed E-state index contributed by atoms with van der Waals surface area (Å²) in [7, 11) is 0. The molecule has 1 aliphatic rings. The number of aryl methyl sites for hydroxylation is 3. The maximum absolute atomic E-state index is 13.1. The van der Waals surface area contributed by atoms with E-state index >= 15 is 0 Å². The second-order valence-corrected chi connectivity index (χ2v) is 8.53. The lowest BCUT2D eigenvalue weighted by atomic mass is 10.1. The van der Waals surface area contributed by atoms with Gasteiger partial charge in [-0.3, -0.25) is 9.59 Å². The highest BCUT2D eigenvalue weighted by Gasteiger charge is 2.35. The van der Waals surface area contributed by atoms with Crippen molar-refractivity contribution < 1.29 is 18.8 Å². The van der Waals surface area contributed by atoms with Gasteiger partial charge in [0.15, 0.2) is 0 Å². The van der Waals surface area contributed by atoms with Gasteiger partial charge in [0, 0.05) is 17.1 Å². The molecule has 0 radical (unpaired) electrons. The van der Waals surface area contributed by atoms with Gasteiger partial charge in [0.1, 0.15) is 18.1 Å². The molecule has 4 amide bonds. The van der Waals surface area contributed by atoms with Crippen molar-refractivity contribution >= 4 is 29.6 Å². The first-order valence-corrected chi connectivity index (χ1v) is 11.4. The molecule has 2 aromatic carbocycles. The van der Waals surface area contributed by atoms with Crippen LogP contribution in [-0.4, -0.2) is 33.9 Å². The van der Waals surface area contributed by atoms with E-state index in [4.69, 9.17) is 0 Å². The molecule has 1 aromatic heterocycles. The van der Waals surface area contributed by atoms with Crippen LogP contribution in [0.1, 0.15) is 35.0 Å². The average molecular weight is 475 g/mol. The molecule has 0 bridgehead atoms. The maximum atomic E-state index is 13.1. The van der Waals surface area contributed by atoms with Gasteiger partial charge in [-0.15, -0.1) is 0 Å². The van der Waals surface area contributed by atoms with E-state index in [1.165, 1.54) is 29.8 Å². The molecule has 0 saturated carbocycles. The number of aromatic nitrogens is 1. The van der Waals surface area contributed by atoms with Crippen molar-refractivity contribution in [1.29, 1.82) is 0 Å². The van der Waals surface area contributed by atoms with E-state index in [-0.39, 0.29) is 5.70 Å². The van der Waals surface area contributed by atoms with Gasteiger partial charge in [-0.25, -0.2) is 14.1 Å². The van der Waals surface area contributed by atoms with E-state index < -0.39 is 30.2 Å². The minimum absolute atomic E-state index is 0.102. The highest BCUT2D eigenvalue weighted by atomic mass is 19.1. The summed E-state index contributed by atoms with van der Waals surface area (Å²) in [5.74, 6) is -1.58. The van der Waals surface area contributed by atoms with Crippen molar-refractivity contribution in [2.45, 2.75) is 34.1 Å². The Labute approximate surface area is 203 Å². The number of halogens is 1. The summed E-state index contributed by atoms with van der Waals surface area (Å²) in [5.41, 5.74) is 6.70. The van der Waals surface area contributed by atoms with Crippen LogP contribution in [-0.2, 0) is 16.0 Å². The number of benzene rings is 2. The second kappa shape index (κ2) is 9.58. The summed E-state index contributed by atoms with van der Waals surface area (Å²) in [6, 6.07) is 12.7. The fourth-order valence-electron chi connectivity index (χ4n) is 4.35. The lowest BCUT2D eigenvalue weighted by Crippen LogP contribution is -2.38. The van der Waals surface area contributed by atoms with Gasteiger partial charge in [0.25, 0.3) is 5.91 Å². The van der Waals surface area contributed by atoms with Gasteiger partial charge < -0.3 is 15.2 Å². The third kappa shape index (κ3) is 4.73. The minimum atomic E-state index is -0.670. The van der Waals surface area contributed by atoms with Gasteiger partial charge in [-0.05, 0) is 80.3 Å². The van der Waals surface area contributed by atoms with E-state index in [1.54, 1.807) is 6.08 Å². The molecule has 180 valence electrons. The molecule has 0 unspecified atom stereocenters. The van der Waals surface area contributed by atoms with Crippen molar-refractivity contribution in [2.75, 3.05) is 11.9 Å². The van der Waals surface area contributed by atoms with Crippen LogP contribution in [0.25, 0.3) is 11.8 Å². The minimum Gasteiger partial charge on any atom is -0.325 e. The maximum Gasteiger partial charge on any atom is 0.329 e. The van der Waals surface area contributed by atoms with E-state index in [2.05, 4.69) is 41.2 Å². The van der Waals surface area contributed by atoms with Gasteiger partial charge in [0.2, 0.25) is 5.91 Å². The Hall–Kier alpha value is -4.20. The summed E-state index contributed by atoms with van der Waals surface area (Å²) in [6.45, 7) is 7.70. The van der Waals surface area contributed by atoms with Crippen LogP contribution in [0.2, 0.25) is 0 Å². The van der Waals surface area contributed by atoms with Crippen molar-refractivity contribution in [2.24, 2.45) is 0 Å². The zero-order valence-corrected chi connectivity index (χ0v) is 20.1. The van der Waals surface area contributed by atoms with Gasteiger partial charge in [-0.2, -0.15) is 0 Å². The monoisotopic (exact) mass is 474 g/mol. The predicted molar refractivity (Wildman–Crippen MR) is 133 cm³/mol. The summed E-state index contributed by atoms with van der Waals surface area (Å²) < 4.78 is 15.2. The fraction of sp³-hybridized carbons (Fsp3) is 0.222. The Kier molecular flexibility index (Phi) is 6.55. The van der Waals surface area contributed by atoms with Crippen LogP contribution < -0.4 is 10.6 Å². The summed E-state index contributed by atoms with van der Waals surface area (Å²) >= 11 is 0. The molecule has 35 heavy (non-hydrogen) atoms. The molecule has 1 saturated heterocycles. The number of hydrogen-bond donors (Lipinski definition) is 2. The molecule has 7 nitrogen and oxygen atoms in total. The first-order valence-electron chi connectivity index (χ1n) is 11.4. The van der Waals surface area contributed by atoms with E-state index in [0.29, 0.717) is 5.69 Å². The molecular formula is C27H27FN4O3. The summed E-state index contributed by atoms with van der Waals surface area (Å²) in [4.78, 5) is 38.6. The molecule has 2 heterocycles. The number of urea groups is 1. The Morgan fingerprint density at radius 2 is 1.80 bits per heavy atom. The highest BCUT2D eigenvalue weighted by molar-refractivity contribution is 6.16. The van der Waals surface area contributed by atoms with Gasteiger partial charge in [-0.1, -0.05) is 25.1 Å². The second-order valence-electron chi connectivity index (χ2n) is 8.53. The number of nitrogens with one attached hydrogen (secondary N) is 2. The Balaban J connectivity index is 1.57. The van der Waals surface area contributed by atoms with E-state index in [0.717, 1.165) is 39.5 Å². The normalized spacial score (nSPS) is 14.5. The number of amides is 4. The summed E-state index contributed by atoms with van der Waals surface area (Å²) in [5, 5.41) is 5.12. The van der Waals surface area contributed by atoms with E-state index in [1.807, 2.05) is 26.0 Å². The number of hydrogen-bond acceptors (Lipinski definition) is 3. The topological polar surface area (TPSA) is 83.4 Å². The number of anilines is 1.